The molecule has 0 saturated heterocycles. The number of Topliss-reactive ketones (excluding diaryl/α,β-unsaturated/α-hetero) is 2. The van der Waals surface area contributed by atoms with E-state index in [9.17, 15) is 9.59 Å². The highest BCUT2D eigenvalue weighted by Crippen LogP contribution is 2.04. The molecule has 0 saturated carbocycles. The van der Waals surface area contributed by atoms with Gasteiger partial charge in [0.2, 0.25) is 0 Å². The Morgan fingerprint density at radius 2 is 1.38 bits per heavy atom. The topological polar surface area (TPSA) is 52.6 Å². The Morgan fingerprint density at radius 1 is 0.905 bits per heavy atom. The lowest BCUT2D eigenvalue weighted by molar-refractivity contribution is -0.120. The molecule has 0 N–H and O–H groups in total. The Balaban J connectivity index is 0. The van der Waals surface area contributed by atoms with Crippen molar-refractivity contribution < 1.29 is 19.1 Å². The quantitative estimate of drug-likeness (QED) is 0.577. The molecule has 2 unspecified atom stereocenters. The van der Waals surface area contributed by atoms with Crippen molar-refractivity contribution in [1.29, 1.82) is 0 Å². The molecule has 0 amide bonds. The van der Waals surface area contributed by atoms with Crippen LogP contribution in [0.3, 0.4) is 0 Å². The third-order valence-corrected chi connectivity index (χ3v) is 2.95. The average Bonchev–Trinajstić information content (AvgIpc) is 2.43. The lowest BCUT2D eigenvalue weighted by Crippen LogP contribution is -2.13. The highest BCUT2D eigenvalue weighted by atomic mass is 16.5. The monoisotopic (exact) mass is 300 g/mol. The summed E-state index contributed by atoms with van der Waals surface area (Å²) in [4.78, 5) is 21.2. The summed E-state index contributed by atoms with van der Waals surface area (Å²) in [7, 11) is 3.28. The minimum atomic E-state index is 0.0605. The number of carbonyl (C=O) groups excluding carboxylic acids is 2. The smallest absolute Gasteiger partial charge is 0.132 e. The first kappa shape index (κ1) is 22.3. The van der Waals surface area contributed by atoms with Gasteiger partial charge in [0.15, 0.2) is 0 Å². The van der Waals surface area contributed by atoms with E-state index in [1.807, 2.05) is 6.92 Å². The van der Waals surface area contributed by atoms with Crippen LogP contribution in [0, 0.1) is 0 Å². The molecule has 0 bridgehead atoms. The first-order chi connectivity index (χ1) is 9.90. The molecule has 0 fully saturated rings. The summed E-state index contributed by atoms with van der Waals surface area (Å²) in [6, 6.07) is 0. The second kappa shape index (κ2) is 15.4. The fourth-order valence-electron chi connectivity index (χ4n) is 1.71. The molecule has 0 aromatic rings. The van der Waals surface area contributed by atoms with E-state index in [4.69, 9.17) is 9.47 Å². The van der Waals surface area contributed by atoms with Crippen LogP contribution >= 0.6 is 0 Å². The largest absolute Gasteiger partial charge is 0.381 e. The maximum atomic E-state index is 10.7. The Labute approximate surface area is 129 Å². The number of hydrogen-bond donors (Lipinski definition) is 0. The molecule has 0 aromatic heterocycles. The first-order valence-corrected chi connectivity index (χ1v) is 7.60. The molecule has 0 aromatic carbocycles. The third-order valence-electron chi connectivity index (χ3n) is 2.95. The number of rotatable bonds is 10. The Bertz CT molecular complexity index is 293. The summed E-state index contributed by atoms with van der Waals surface area (Å²) < 4.78 is 10.1. The molecule has 2 atom stereocenters. The minimum absolute atomic E-state index is 0.0605. The molecule has 0 spiro atoms. The van der Waals surface area contributed by atoms with Crippen molar-refractivity contribution in [2.45, 2.75) is 72.0 Å². The maximum Gasteiger partial charge on any atom is 0.132 e. The van der Waals surface area contributed by atoms with E-state index in [2.05, 4.69) is 19.1 Å². The normalized spacial score (nSPS) is 13.4. The van der Waals surface area contributed by atoms with Gasteiger partial charge in [0.25, 0.3) is 0 Å². The lowest BCUT2D eigenvalue weighted by Gasteiger charge is -2.10. The van der Waals surface area contributed by atoms with E-state index in [-0.39, 0.29) is 23.8 Å². The van der Waals surface area contributed by atoms with Gasteiger partial charge in [-0.1, -0.05) is 26.0 Å². The van der Waals surface area contributed by atoms with Gasteiger partial charge >= 0.3 is 0 Å². The van der Waals surface area contributed by atoms with Crippen LogP contribution in [0.5, 0.6) is 0 Å². The molecule has 0 aliphatic rings. The highest BCUT2D eigenvalue weighted by Gasteiger charge is 2.07. The molecular weight excluding hydrogens is 268 g/mol. The van der Waals surface area contributed by atoms with Gasteiger partial charge in [-0.2, -0.15) is 0 Å². The highest BCUT2D eigenvalue weighted by molar-refractivity contribution is 5.76. The third kappa shape index (κ3) is 16.9. The zero-order valence-electron chi connectivity index (χ0n) is 14.5. The number of ketones is 2. The minimum Gasteiger partial charge on any atom is -0.381 e. The number of ether oxygens (including phenoxy) is 2. The van der Waals surface area contributed by atoms with Gasteiger partial charge < -0.3 is 9.47 Å². The Morgan fingerprint density at radius 3 is 1.67 bits per heavy atom. The van der Waals surface area contributed by atoms with Crippen molar-refractivity contribution in [3.8, 4) is 0 Å². The molecule has 0 aliphatic carbocycles. The van der Waals surface area contributed by atoms with Crippen LogP contribution in [0.1, 0.15) is 59.8 Å². The summed E-state index contributed by atoms with van der Waals surface area (Å²) >= 11 is 0. The second-order valence-corrected chi connectivity index (χ2v) is 5.05. The first-order valence-electron chi connectivity index (χ1n) is 7.60. The van der Waals surface area contributed by atoms with E-state index in [1.54, 1.807) is 28.1 Å². The van der Waals surface area contributed by atoms with Crippen LogP contribution in [0.15, 0.2) is 12.2 Å². The van der Waals surface area contributed by atoms with Crippen molar-refractivity contribution in [3.63, 3.8) is 0 Å². The Kier molecular flexibility index (Phi) is 16.3. The Hall–Kier alpha value is -1.00. The molecule has 124 valence electrons. The van der Waals surface area contributed by atoms with Gasteiger partial charge in [-0.3, -0.25) is 9.59 Å². The summed E-state index contributed by atoms with van der Waals surface area (Å²) in [6.45, 7) is 7.28. The lowest BCUT2D eigenvalue weighted by atomic mass is 10.1. The van der Waals surface area contributed by atoms with Crippen LogP contribution < -0.4 is 0 Å². The molecule has 4 heteroatoms. The number of hydrogen-bond acceptors (Lipinski definition) is 4. The van der Waals surface area contributed by atoms with E-state index in [0.29, 0.717) is 12.8 Å². The van der Waals surface area contributed by atoms with E-state index >= 15 is 0 Å². The van der Waals surface area contributed by atoms with Crippen LogP contribution in [-0.2, 0) is 19.1 Å². The van der Waals surface area contributed by atoms with Crippen molar-refractivity contribution in [2.24, 2.45) is 0 Å². The van der Waals surface area contributed by atoms with Crippen molar-refractivity contribution in [3.05, 3.63) is 12.2 Å². The fraction of sp³-hybridized carbons (Fsp3) is 0.765. The molecule has 0 heterocycles. The average molecular weight is 300 g/mol. The fourth-order valence-corrected chi connectivity index (χ4v) is 1.71. The molecule has 0 rings (SSSR count). The van der Waals surface area contributed by atoms with Gasteiger partial charge in [-0.05, 0) is 33.1 Å². The standard InChI is InChI=1S/C10H18O2.C7H14O2/c1-4-5-6-7-10(12-3)8-9(2)11;1-4-7(9-3)5-6(2)8/h5-6,10H,4,7-8H2,1-3H3;7H,4-5H2,1-3H3. The molecule has 0 aliphatic heterocycles. The van der Waals surface area contributed by atoms with E-state index in [1.165, 1.54) is 0 Å². The predicted octanol–water partition coefficient (Wildman–Crippen LogP) is 3.73. The predicted molar refractivity (Wildman–Crippen MR) is 86.5 cm³/mol. The van der Waals surface area contributed by atoms with Crippen LogP contribution in [0.4, 0.5) is 0 Å². The molecular formula is C17H32O4. The second-order valence-electron chi connectivity index (χ2n) is 5.05. The number of allylic oxidation sites excluding steroid dienone is 1. The summed E-state index contributed by atoms with van der Waals surface area (Å²) in [5.41, 5.74) is 0. The molecule has 4 nitrogen and oxygen atoms in total. The van der Waals surface area contributed by atoms with Gasteiger partial charge in [0.05, 0.1) is 12.2 Å². The van der Waals surface area contributed by atoms with Gasteiger partial charge in [0, 0.05) is 27.1 Å². The zero-order chi connectivity index (χ0) is 16.7. The molecule has 0 radical (unpaired) electrons. The van der Waals surface area contributed by atoms with Gasteiger partial charge in [-0.15, -0.1) is 0 Å². The van der Waals surface area contributed by atoms with Gasteiger partial charge in [0.1, 0.15) is 11.6 Å². The van der Waals surface area contributed by atoms with Crippen molar-refractivity contribution in [1.82, 2.24) is 0 Å². The maximum absolute atomic E-state index is 10.7. The number of carbonyl (C=O) groups is 2. The van der Waals surface area contributed by atoms with Crippen molar-refractivity contribution in [2.75, 3.05) is 14.2 Å². The molecule has 21 heavy (non-hydrogen) atoms. The number of methoxy groups -OCH3 is 2. The SMILES string of the molecule is CCC(CC(C)=O)OC.CCC=CCC(CC(C)=O)OC. The summed E-state index contributed by atoms with van der Waals surface area (Å²) in [5.74, 6) is 0.385. The van der Waals surface area contributed by atoms with Crippen LogP contribution in [-0.4, -0.2) is 38.0 Å². The summed E-state index contributed by atoms with van der Waals surface area (Å²) in [6.07, 6.45) is 8.20. The zero-order valence-corrected chi connectivity index (χ0v) is 14.5. The van der Waals surface area contributed by atoms with Crippen molar-refractivity contribution >= 4 is 11.6 Å². The van der Waals surface area contributed by atoms with E-state index < -0.39 is 0 Å². The van der Waals surface area contributed by atoms with Crippen LogP contribution in [0.2, 0.25) is 0 Å². The van der Waals surface area contributed by atoms with Crippen LogP contribution in [0.25, 0.3) is 0 Å². The summed E-state index contributed by atoms with van der Waals surface area (Å²) in [5, 5.41) is 0. The van der Waals surface area contributed by atoms with E-state index in [0.717, 1.165) is 19.3 Å². The van der Waals surface area contributed by atoms with Gasteiger partial charge in [-0.25, -0.2) is 0 Å².